The van der Waals surface area contributed by atoms with E-state index in [-0.39, 0.29) is 6.54 Å². The average Bonchev–Trinajstić information content (AvgIpc) is 2.25. The Morgan fingerprint density at radius 1 is 1.06 bits per heavy atom. The number of hydrogen-bond donors (Lipinski definition) is 2. The van der Waals surface area contributed by atoms with Gasteiger partial charge >= 0.3 is 5.97 Å². The smallest absolute Gasteiger partial charge is 0.317 e. The lowest BCUT2D eigenvalue weighted by Crippen LogP contribution is -2.23. The molecule has 0 atom stereocenters. The third kappa shape index (κ3) is 13.2. The van der Waals surface area contributed by atoms with Gasteiger partial charge in [-0.3, -0.25) is 4.79 Å². The van der Waals surface area contributed by atoms with Gasteiger partial charge in [0.1, 0.15) is 0 Å². The molecule has 0 amide bonds. The summed E-state index contributed by atoms with van der Waals surface area (Å²) in [5, 5.41) is 11.3. The normalized spacial score (nSPS) is 10.2. The maximum Gasteiger partial charge on any atom is 0.317 e. The molecule has 0 aromatic heterocycles. The number of hydrogen-bond acceptors (Lipinski definition) is 2. The van der Waals surface area contributed by atoms with Crippen molar-refractivity contribution in [3.8, 4) is 0 Å². The van der Waals surface area contributed by atoms with Crippen molar-refractivity contribution in [2.75, 3.05) is 13.1 Å². The van der Waals surface area contributed by atoms with Crippen LogP contribution in [-0.2, 0) is 4.79 Å². The fraction of sp³-hybridized carbons (Fsp3) is 0.769. The number of nitrogens with one attached hydrogen (secondary N) is 1. The van der Waals surface area contributed by atoms with E-state index >= 15 is 0 Å². The molecule has 0 saturated carbocycles. The summed E-state index contributed by atoms with van der Waals surface area (Å²) in [5.41, 5.74) is 0. The Balaban J connectivity index is 2.93. The third-order valence-electron chi connectivity index (χ3n) is 2.54. The SMILES string of the molecule is C=CCCCCCCCCCNCC(=O)O. The Hall–Kier alpha value is -0.830. The van der Waals surface area contributed by atoms with Crippen LogP contribution in [0.15, 0.2) is 12.7 Å². The van der Waals surface area contributed by atoms with Gasteiger partial charge in [-0.25, -0.2) is 0 Å². The van der Waals surface area contributed by atoms with Crippen molar-refractivity contribution >= 4 is 5.97 Å². The first-order valence-electron chi connectivity index (χ1n) is 6.30. The summed E-state index contributed by atoms with van der Waals surface area (Å²) in [5.74, 6) is -0.776. The van der Waals surface area contributed by atoms with Crippen LogP contribution in [0.4, 0.5) is 0 Å². The molecule has 3 heteroatoms. The first-order valence-corrected chi connectivity index (χ1v) is 6.30. The number of unbranched alkanes of at least 4 members (excludes halogenated alkanes) is 7. The lowest BCUT2D eigenvalue weighted by molar-refractivity contribution is -0.135. The van der Waals surface area contributed by atoms with E-state index in [1.54, 1.807) is 0 Å². The van der Waals surface area contributed by atoms with Gasteiger partial charge in [0.15, 0.2) is 0 Å². The molecule has 0 radical (unpaired) electrons. The monoisotopic (exact) mass is 227 g/mol. The summed E-state index contributed by atoms with van der Waals surface area (Å²) in [7, 11) is 0. The van der Waals surface area contributed by atoms with Gasteiger partial charge in [-0.05, 0) is 25.8 Å². The molecule has 3 nitrogen and oxygen atoms in total. The lowest BCUT2D eigenvalue weighted by atomic mass is 10.1. The van der Waals surface area contributed by atoms with Gasteiger partial charge in [0.25, 0.3) is 0 Å². The summed E-state index contributed by atoms with van der Waals surface area (Å²) in [6.07, 6.45) is 11.9. The van der Waals surface area contributed by atoms with Crippen molar-refractivity contribution in [1.82, 2.24) is 5.32 Å². The van der Waals surface area contributed by atoms with Crippen LogP contribution >= 0.6 is 0 Å². The number of carboxylic acid groups (broad SMARTS) is 1. The van der Waals surface area contributed by atoms with Gasteiger partial charge in [-0.1, -0.05) is 38.2 Å². The Morgan fingerprint density at radius 2 is 1.62 bits per heavy atom. The lowest BCUT2D eigenvalue weighted by Gasteiger charge is -2.02. The van der Waals surface area contributed by atoms with E-state index in [0.29, 0.717) is 0 Å². The minimum atomic E-state index is -0.776. The highest BCUT2D eigenvalue weighted by atomic mass is 16.4. The van der Waals surface area contributed by atoms with Crippen molar-refractivity contribution in [3.63, 3.8) is 0 Å². The molecule has 0 rings (SSSR count). The zero-order valence-corrected chi connectivity index (χ0v) is 10.2. The zero-order chi connectivity index (χ0) is 12.1. The van der Waals surface area contributed by atoms with Crippen molar-refractivity contribution in [1.29, 1.82) is 0 Å². The number of aliphatic carboxylic acids is 1. The van der Waals surface area contributed by atoms with E-state index in [0.717, 1.165) is 19.4 Å². The maximum absolute atomic E-state index is 10.2. The number of allylic oxidation sites excluding steroid dienone is 1. The van der Waals surface area contributed by atoms with E-state index in [1.165, 1.54) is 38.5 Å². The Bertz CT molecular complexity index is 181. The maximum atomic E-state index is 10.2. The summed E-state index contributed by atoms with van der Waals surface area (Å²) >= 11 is 0. The van der Waals surface area contributed by atoms with Crippen LogP contribution in [-0.4, -0.2) is 24.2 Å². The molecule has 0 aliphatic heterocycles. The van der Waals surface area contributed by atoms with Crippen LogP contribution < -0.4 is 5.32 Å². The Morgan fingerprint density at radius 3 is 2.19 bits per heavy atom. The van der Waals surface area contributed by atoms with E-state index in [4.69, 9.17) is 5.11 Å². The second kappa shape index (κ2) is 12.2. The molecule has 0 unspecified atom stereocenters. The molecule has 0 fully saturated rings. The minimum Gasteiger partial charge on any atom is -0.480 e. The number of carboxylic acids is 1. The van der Waals surface area contributed by atoms with Crippen molar-refractivity contribution in [2.24, 2.45) is 0 Å². The quantitative estimate of drug-likeness (QED) is 0.398. The molecule has 0 bridgehead atoms. The summed E-state index contributed by atoms with van der Waals surface area (Å²) < 4.78 is 0. The zero-order valence-electron chi connectivity index (χ0n) is 10.2. The van der Waals surface area contributed by atoms with E-state index in [9.17, 15) is 4.79 Å². The van der Waals surface area contributed by atoms with E-state index in [2.05, 4.69) is 11.9 Å². The molecule has 2 N–H and O–H groups in total. The van der Waals surface area contributed by atoms with Crippen LogP contribution in [0.25, 0.3) is 0 Å². The van der Waals surface area contributed by atoms with Gasteiger partial charge in [0.2, 0.25) is 0 Å². The fourth-order valence-electron chi connectivity index (χ4n) is 1.62. The van der Waals surface area contributed by atoms with Gasteiger partial charge in [-0.2, -0.15) is 0 Å². The predicted octanol–water partition coefficient (Wildman–Crippen LogP) is 2.97. The molecular formula is C13H25NO2. The van der Waals surface area contributed by atoms with Crippen molar-refractivity contribution in [2.45, 2.75) is 51.4 Å². The van der Waals surface area contributed by atoms with Crippen LogP contribution in [0.2, 0.25) is 0 Å². The molecule has 0 saturated heterocycles. The fourth-order valence-corrected chi connectivity index (χ4v) is 1.62. The predicted molar refractivity (Wildman–Crippen MR) is 67.6 cm³/mol. The topological polar surface area (TPSA) is 49.3 Å². The van der Waals surface area contributed by atoms with Crippen LogP contribution in [0.5, 0.6) is 0 Å². The van der Waals surface area contributed by atoms with Gasteiger partial charge in [0, 0.05) is 0 Å². The van der Waals surface area contributed by atoms with E-state index in [1.807, 2.05) is 6.08 Å². The molecular weight excluding hydrogens is 202 g/mol. The average molecular weight is 227 g/mol. The van der Waals surface area contributed by atoms with Gasteiger partial charge in [0.05, 0.1) is 6.54 Å². The highest BCUT2D eigenvalue weighted by Gasteiger charge is 1.94. The number of carbonyl (C=O) groups is 1. The Labute approximate surface area is 98.9 Å². The Kier molecular flexibility index (Phi) is 11.6. The van der Waals surface area contributed by atoms with Crippen LogP contribution in [0.3, 0.4) is 0 Å². The first-order chi connectivity index (χ1) is 7.77. The molecule has 0 aliphatic carbocycles. The molecule has 0 aromatic carbocycles. The molecule has 16 heavy (non-hydrogen) atoms. The molecule has 0 aromatic rings. The molecule has 94 valence electrons. The van der Waals surface area contributed by atoms with Crippen LogP contribution in [0, 0.1) is 0 Å². The van der Waals surface area contributed by atoms with Crippen molar-refractivity contribution < 1.29 is 9.90 Å². The van der Waals surface area contributed by atoms with Gasteiger partial charge in [-0.15, -0.1) is 6.58 Å². The second-order valence-electron chi connectivity index (χ2n) is 4.12. The van der Waals surface area contributed by atoms with Gasteiger partial charge < -0.3 is 10.4 Å². The first kappa shape index (κ1) is 15.2. The highest BCUT2D eigenvalue weighted by molar-refractivity contribution is 5.68. The molecule has 0 spiro atoms. The molecule has 0 heterocycles. The standard InChI is InChI=1S/C13H25NO2/c1-2-3-4-5-6-7-8-9-10-11-14-12-13(15)16/h2,14H,1,3-12H2,(H,15,16). The van der Waals surface area contributed by atoms with Crippen molar-refractivity contribution in [3.05, 3.63) is 12.7 Å². The van der Waals surface area contributed by atoms with Crippen LogP contribution in [0.1, 0.15) is 51.4 Å². The molecule has 0 aliphatic rings. The highest BCUT2D eigenvalue weighted by Crippen LogP contribution is 2.08. The third-order valence-corrected chi connectivity index (χ3v) is 2.54. The second-order valence-corrected chi connectivity index (χ2v) is 4.12. The number of rotatable bonds is 12. The largest absolute Gasteiger partial charge is 0.480 e. The summed E-state index contributed by atoms with van der Waals surface area (Å²) in [6.45, 7) is 4.61. The summed E-state index contributed by atoms with van der Waals surface area (Å²) in [6, 6.07) is 0. The summed E-state index contributed by atoms with van der Waals surface area (Å²) in [4.78, 5) is 10.2. The van der Waals surface area contributed by atoms with E-state index < -0.39 is 5.97 Å². The minimum absolute atomic E-state index is 0.0849.